The minimum Gasteiger partial charge on any atom is -0.456 e. The van der Waals surface area contributed by atoms with E-state index in [1.165, 1.54) is 21.8 Å². The first-order valence-electron chi connectivity index (χ1n) is 16.4. The number of hydrogen-bond acceptors (Lipinski definition) is 4. The highest BCUT2D eigenvalue weighted by Gasteiger charge is 2.22. The highest BCUT2D eigenvalue weighted by atomic mass is 16.3. The molecule has 4 aromatic heterocycles. The van der Waals surface area contributed by atoms with Crippen molar-refractivity contribution in [2.24, 2.45) is 0 Å². The predicted molar refractivity (Wildman–Crippen MR) is 199 cm³/mol. The van der Waals surface area contributed by atoms with Gasteiger partial charge in [-0.2, -0.15) is 0 Å². The molecule has 4 heterocycles. The number of para-hydroxylation sites is 3. The van der Waals surface area contributed by atoms with Crippen molar-refractivity contribution in [3.05, 3.63) is 152 Å². The normalized spacial score (nSPS) is 12.1. The van der Waals surface area contributed by atoms with Gasteiger partial charge in [0.15, 0.2) is 11.4 Å². The second-order valence-electron chi connectivity index (χ2n) is 12.5. The van der Waals surface area contributed by atoms with Crippen molar-refractivity contribution in [1.82, 2.24) is 14.5 Å². The van der Waals surface area contributed by atoms with Gasteiger partial charge in [-0.25, -0.2) is 9.97 Å². The Labute approximate surface area is 279 Å². The fraction of sp³-hybridized carbons (Fsp3) is 0. The first-order valence-corrected chi connectivity index (χ1v) is 16.4. The van der Waals surface area contributed by atoms with Gasteiger partial charge < -0.3 is 13.4 Å². The standard InChI is InChI=1S/C44H25N3O2/c1-2-12-26(13-3-1)41-43-42(33-18-8-11-21-37(33)49-43)46-44(45-41)34-25-39-40(31-17-5-4-14-28(31)34)32-23-22-27(24-38(32)48-39)47-35-19-9-6-15-29(35)30-16-7-10-20-36(30)47/h1-25H. The number of aromatic nitrogens is 3. The van der Waals surface area contributed by atoms with Gasteiger partial charge in [0.1, 0.15) is 28.0 Å². The Bertz CT molecular complexity index is 3060. The number of rotatable bonds is 3. The van der Waals surface area contributed by atoms with Crippen molar-refractivity contribution < 1.29 is 8.83 Å². The van der Waals surface area contributed by atoms with Gasteiger partial charge >= 0.3 is 0 Å². The van der Waals surface area contributed by atoms with Crippen molar-refractivity contribution >= 4 is 76.6 Å². The maximum atomic E-state index is 6.76. The average molecular weight is 628 g/mol. The first kappa shape index (κ1) is 26.4. The fourth-order valence-corrected chi connectivity index (χ4v) is 7.66. The van der Waals surface area contributed by atoms with Crippen LogP contribution in [0, 0.1) is 0 Å². The summed E-state index contributed by atoms with van der Waals surface area (Å²) in [6.45, 7) is 0. The summed E-state index contributed by atoms with van der Waals surface area (Å²) >= 11 is 0. The molecule has 0 aliphatic carbocycles. The lowest BCUT2D eigenvalue weighted by Crippen LogP contribution is -1.95. The van der Waals surface area contributed by atoms with Crippen LogP contribution in [0.25, 0.3) is 105 Å². The van der Waals surface area contributed by atoms with E-state index in [1.807, 2.05) is 36.4 Å². The van der Waals surface area contributed by atoms with Crippen LogP contribution >= 0.6 is 0 Å². The molecule has 0 bridgehead atoms. The van der Waals surface area contributed by atoms with E-state index in [-0.39, 0.29) is 0 Å². The van der Waals surface area contributed by atoms with Gasteiger partial charge in [-0.15, -0.1) is 0 Å². The van der Waals surface area contributed by atoms with Gasteiger partial charge in [0.05, 0.1) is 11.0 Å². The zero-order chi connectivity index (χ0) is 32.1. The van der Waals surface area contributed by atoms with Crippen LogP contribution in [0.3, 0.4) is 0 Å². The van der Waals surface area contributed by atoms with E-state index in [9.17, 15) is 0 Å². The summed E-state index contributed by atoms with van der Waals surface area (Å²) in [5.74, 6) is 0.627. The van der Waals surface area contributed by atoms with Gasteiger partial charge in [0.2, 0.25) is 0 Å². The van der Waals surface area contributed by atoms with Crippen LogP contribution in [0.4, 0.5) is 0 Å². The summed E-state index contributed by atoms with van der Waals surface area (Å²) in [5.41, 5.74) is 9.94. The third-order valence-corrected chi connectivity index (χ3v) is 9.81. The third-order valence-electron chi connectivity index (χ3n) is 9.81. The highest BCUT2D eigenvalue weighted by Crippen LogP contribution is 2.42. The van der Waals surface area contributed by atoms with Crippen LogP contribution in [-0.4, -0.2) is 14.5 Å². The smallest absolute Gasteiger partial charge is 0.180 e. The zero-order valence-corrected chi connectivity index (χ0v) is 26.1. The molecule has 5 nitrogen and oxygen atoms in total. The Kier molecular flexibility index (Phi) is 5.32. The van der Waals surface area contributed by atoms with Gasteiger partial charge in [0, 0.05) is 49.8 Å². The van der Waals surface area contributed by atoms with Gasteiger partial charge in [-0.05, 0) is 53.2 Å². The molecule has 0 aliphatic heterocycles. The van der Waals surface area contributed by atoms with E-state index in [0.717, 1.165) is 71.7 Å². The summed E-state index contributed by atoms with van der Waals surface area (Å²) in [6, 6.07) is 52.5. The lowest BCUT2D eigenvalue weighted by atomic mass is 9.98. The zero-order valence-electron chi connectivity index (χ0n) is 26.1. The van der Waals surface area contributed by atoms with Crippen LogP contribution in [0.1, 0.15) is 0 Å². The van der Waals surface area contributed by atoms with Gasteiger partial charge in [-0.1, -0.05) is 103 Å². The molecular weight excluding hydrogens is 603 g/mol. The molecule has 0 spiro atoms. The number of furan rings is 2. The quantitative estimate of drug-likeness (QED) is 0.196. The maximum absolute atomic E-state index is 6.76. The van der Waals surface area contributed by atoms with Gasteiger partial charge in [0.25, 0.3) is 0 Å². The van der Waals surface area contributed by atoms with Gasteiger partial charge in [-0.3, -0.25) is 0 Å². The monoisotopic (exact) mass is 627 g/mol. The Morgan fingerprint density at radius 2 is 1.10 bits per heavy atom. The summed E-state index contributed by atoms with van der Waals surface area (Å²) < 4.78 is 15.5. The Hall–Kier alpha value is -6.72. The van der Waals surface area contributed by atoms with E-state index in [1.54, 1.807) is 0 Å². The molecule has 0 fully saturated rings. The van der Waals surface area contributed by atoms with Crippen molar-refractivity contribution in [3.63, 3.8) is 0 Å². The molecule has 0 atom stereocenters. The molecule has 0 saturated carbocycles. The van der Waals surface area contributed by atoms with E-state index in [0.29, 0.717) is 11.4 Å². The molecule has 7 aromatic carbocycles. The van der Waals surface area contributed by atoms with E-state index >= 15 is 0 Å². The molecule has 11 aromatic rings. The Morgan fingerprint density at radius 1 is 0.449 bits per heavy atom. The Morgan fingerprint density at radius 3 is 1.88 bits per heavy atom. The van der Waals surface area contributed by atoms with Crippen LogP contribution in [0.15, 0.2) is 160 Å². The second kappa shape index (κ2) is 9.89. The molecule has 0 unspecified atom stereocenters. The lowest BCUT2D eigenvalue weighted by Gasteiger charge is -2.10. The molecule has 0 radical (unpaired) electrons. The molecule has 5 heteroatoms. The molecular formula is C44H25N3O2. The molecule has 0 aliphatic rings. The molecule has 228 valence electrons. The largest absolute Gasteiger partial charge is 0.456 e. The topological polar surface area (TPSA) is 57.0 Å². The van der Waals surface area contributed by atoms with Crippen LogP contribution in [0.5, 0.6) is 0 Å². The summed E-state index contributed by atoms with van der Waals surface area (Å²) in [5, 5.41) is 7.75. The SMILES string of the molecule is c1ccc(-c2nc(-c3cc4oc5cc(-n6c7ccccc7c7ccccc76)ccc5c4c4ccccc34)nc3c2oc2ccccc23)cc1. The van der Waals surface area contributed by atoms with Crippen LogP contribution in [-0.2, 0) is 0 Å². The minimum absolute atomic E-state index is 0.627. The molecule has 49 heavy (non-hydrogen) atoms. The van der Waals surface area contributed by atoms with Crippen LogP contribution in [0.2, 0.25) is 0 Å². The van der Waals surface area contributed by atoms with Crippen molar-refractivity contribution in [1.29, 1.82) is 0 Å². The highest BCUT2D eigenvalue weighted by molar-refractivity contribution is 6.22. The average Bonchev–Trinajstić information content (AvgIpc) is 3.83. The van der Waals surface area contributed by atoms with E-state index < -0.39 is 0 Å². The second-order valence-corrected chi connectivity index (χ2v) is 12.5. The fourth-order valence-electron chi connectivity index (χ4n) is 7.66. The van der Waals surface area contributed by atoms with E-state index in [4.69, 9.17) is 18.8 Å². The number of benzene rings is 7. The Balaban J connectivity index is 1.18. The minimum atomic E-state index is 0.627. The maximum Gasteiger partial charge on any atom is 0.180 e. The van der Waals surface area contributed by atoms with E-state index in [2.05, 4.69) is 120 Å². The number of fused-ring (bicyclic) bond motifs is 11. The summed E-state index contributed by atoms with van der Waals surface area (Å²) in [4.78, 5) is 10.4. The summed E-state index contributed by atoms with van der Waals surface area (Å²) in [6.07, 6.45) is 0. The van der Waals surface area contributed by atoms with Crippen molar-refractivity contribution in [2.45, 2.75) is 0 Å². The summed E-state index contributed by atoms with van der Waals surface area (Å²) in [7, 11) is 0. The number of hydrogen-bond donors (Lipinski definition) is 0. The molecule has 0 saturated heterocycles. The third kappa shape index (κ3) is 3.75. The molecule has 11 rings (SSSR count). The van der Waals surface area contributed by atoms with Crippen LogP contribution < -0.4 is 0 Å². The van der Waals surface area contributed by atoms with Crippen molar-refractivity contribution in [3.8, 4) is 28.3 Å². The molecule has 0 amide bonds. The number of nitrogens with zero attached hydrogens (tertiary/aromatic N) is 3. The van der Waals surface area contributed by atoms with Crippen molar-refractivity contribution in [2.75, 3.05) is 0 Å². The lowest BCUT2D eigenvalue weighted by molar-refractivity contribution is 0.667. The molecule has 0 N–H and O–H groups in total. The first-order chi connectivity index (χ1) is 24.3. The predicted octanol–water partition coefficient (Wildman–Crippen LogP) is 11.9.